The van der Waals surface area contributed by atoms with E-state index in [1.165, 1.54) is 11.3 Å². The Kier molecular flexibility index (Phi) is 6.59. The number of anilines is 1. The van der Waals surface area contributed by atoms with E-state index in [4.69, 9.17) is 4.74 Å². The molecular formula is C21H25ClN4O2S. The molecule has 154 valence electrons. The topological polar surface area (TPSA) is 69.0 Å². The molecule has 0 bridgehead atoms. The Morgan fingerprint density at radius 2 is 2.03 bits per heavy atom. The fourth-order valence-corrected chi connectivity index (χ4v) is 4.21. The van der Waals surface area contributed by atoms with Crippen LogP contribution in [0, 0.1) is 6.92 Å². The van der Waals surface area contributed by atoms with E-state index in [-0.39, 0.29) is 18.3 Å². The Morgan fingerprint density at radius 3 is 2.66 bits per heavy atom. The fraction of sp³-hybridized carbons (Fsp3) is 0.381. The van der Waals surface area contributed by atoms with Gasteiger partial charge >= 0.3 is 0 Å². The van der Waals surface area contributed by atoms with Crippen molar-refractivity contribution in [2.24, 2.45) is 0 Å². The van der Waals surface area contributed by atoms with E-state index in [1.807, 2.05) is 35.9 Å². The maximum absolute atomic E-state index is 12.9. The normalized spacial score (nSPS) is 13.1. The number of aromatic nitrogens is 3. The van der Waals surface area contributed by atoms with Crippen molar-refractivity contribution in [1.29, 1.82) is 0 Å². The van der Waals surface area contributed by atoms with Gasteiger partial charge in [0, 0.05) is 22.9 Å². The van der Waals surface area contributed by atoms with Crippen LogP contribution in [-0.2, 0) is 6.54 Å². The van der Waals surface area contributed by atoms with Gasteiger partial charge in [0.05, 0.1) is 30.3 Å². The summed E-state index contributed by atoms with van der Waals surface area (Å²) >= 11 is 1.49. The molecule has 0 atom stereocenters. The Labute approximate surface area is 180 Å². The second-order valence-corrected chi connectivity index (χ2v) is 8.25. The monoisotopic (exact) mass is 432 g/mol. The Hall–Kier alpha value is -2.38. The molecule has 6 nitrogen and oxygen atoms in total. The van der Waals surface area contributed by atoms with Crippen molar-refractivity contribution in [2.75, 3.05) is 12.4 Å². The number of thiazole rings is 1. The molecule has 2 heterocycles. The number of aryl methyl sites for hydroxylation is 2. The van der Waals surface area contributed by atoms with Gasteiger partial charge in [-0.25, -0.2) is 4.98 Å². The molecule has 29 heavy (non-hydrogen) atoms. The number of carbonyl (C=O) groups excluding carboxylic acids is 1. The van der Waals surface area contributed by atoms with Gasteiger partial charge in [-0.05, 0) is 50.5 Å². The zero-order valence-corrected chi connectivity index (χ0v) is 18.4. The number of hydrogen-bond acceptors (Lipinski definition) is 5. The lowest BCUT2D eigenvalue weighted by Crippen LogP contribution is -2.14. The van der Waals surface area contributed by atoms with Gasteiger partial charge in [0.15, 0.2) is 5.13 Å². The highest BCUT2D eigenvalue weighted by Gasteiger charge is 2.32. The summed E-state index contributed by atoms with van der Waals surface area (Å²) < 4.78 is 7.20. The summed E-state index contributed by atoms with van der Waals surface area (Å²) in [4.78, 5) is 18.6. The molecule has 2 aromatic heterocycles. The summed E-state index contributed by atoms with van der Waals surface area (Å²) in [6.07, 6.45) is 4.96. The number of amides is 1. The number of carbonyl (C=O) groups is 1. The molecule has 0 aliphatic heterocycles. The van der Waals surface area contributed by atoms with Crippen molar-refractivity contribution < 1.29 is 9.53 Å². The van der Waals surface area contributed by atoms with Crippen LogP contribution in [-0.4, -0.2) is 27.8 Å². The van der Waals surface area contributed by atoms with Gasteiger partial charge < -0.3 is 4.74 Å². The summed E-state index contributed by atoms with van der Waals surface area (Å²) in [5, 5.41) is 8.03. The Bertz CT molecular complexity index is 993. The largest absolute Gasteiger partial charge is 0.497 e. The van der Waals surface area contributed by atoms with Crippen molar-refractivity contribution in [3.8, 4) is 17.0 Å². The number of nitrogens with zero attached hydrogens (tertiary/aromatic N) is 3. The Morgan fingerprint density at radius 1 is 1.31 bits per heavy atom. The third-order valence-corrected chi connectivity index (χ3v) is 5.79. The van der Waals surface area contributed by atoms with Crippen LogP contribution in [0.5, 0.6) is 5.75 Å². The second kappa shape index (κ2) is 8.97. The van der Waals surface area contributed by atoms with E-state index < -0.39 is 0 Å². The molecule has 4 rings (SSSR count). The van der Waals surface area contributed by atoms with Crippen LogP contribution in [0.1, 0.15) is 53.0 Å². The molecule has 0 unspecified atom stereocenters. The summed E-state index contributed by atoms with van der Waals surface area (Å²) in [6, 6.07) is 7.78. The molecule has 1 N–H and O–H groups in total. The molecule has 3 aromatic rings. The SMILES string of the molecule is CCCn1ncc(C(=O)Nc2nc(-c3ccc(OC)cc3)c(C)s2)c1C1CC1.Cl. The first-order valence-electron chi connectivity index (χ1n) is 9.59. The van der Waals surface area contributed by atoms with Gasteiger partial charge in [0.2, 0.25) is 0 Å². The standard InChI is InChI=1S/C21H24N4O2S.ClH/c1-4-11-25-19(15-5-6-15)17(12-22-25)20(26)24-21-23-18(13(2)28-21)14-7-9-16(27-3)10-8-14;/h7-10,12,15H,4-6,11H2,1-3H3,(H,23,24,26);1H. The molecule has 1 aliphatic carbocycles. The maximum atomic E-state index is 12.9. The van der Waals surface area contributed by atoms with Crippen LogP contribution >= 0.6 is 23.7 Å². The first-order valence-corrected chi connectivity index (χ1v) is 10.4. The highest BCUT2D eigenvalue weighted by molar-refractivity contribution is 7.16. The predicted octanol–water partition coefficient (Wildman–Crippen LogP) is 5.29. The van der Waals surface area contributed by atoms with Gasteiger partial charge in [-0.3, -0.25) is 14.8 Å². The summed E-state index contributed by atoms with van der Waals surface area (Å²) in [5.41, 5.74) is 3.63. The summed E-state index contributed by atoms with van der Waals surface area (Å²) in [7, 11) is 1.65. The first-order chi connectivity index (χ1) is 13.6. The van der Waals surface area contributed by atoms with Crippen LogP contribution in [0.25, 0.3) is 11.3 Å². The Balaban J connectivity index is 0.00000240. The first kappa shape index (κ1) is 21.3. The lowest BCUT2D eigenvalue weighted by Gasteiger charge is -2.07. The molecule has 0 saturated heterocycles. The predicted molar refractivity (Wildman–Crippen MR) is 119 cm³/mol. The number of benzene rings is 1. The van der Waals surface area contributed by atoms with Gasteiger partial charge in [-0.1, -0.05) is 6.92 Å². The van der Waals surface area contributed by atoms with E-state index in [9.17, 15) is 4.79 Å². The fourth-order valence-electron chi connectivity index (χ4n) is 3.38. The zero-order chi connectivity index (χ0) is 19.7. The molecule has 1 aliphatic rings. The highest BCUT2D eigenvalue weighted by atomic mass is 35.5. The number of halogens is 1. The molecule has 8 heteroatoms. The molecule has 1 amide bonds. The zero-order valence-electron chi connectivity index (χ0n) is 16.8. The van der Waals surface area contributed by atoms with Crippen molar-refractivity contribution >= 4 is 34.8 Å². The van der Waals surface area contributed by atoms with E-state index in [0.29, 0.717) is 16.6 Å². The number of nitrogens with one attached hydrogen (secondary N) is 1. The lowest BCUT2D eigenvalue weighted by molar-refractivity contribution is 0.102. The van der Waals surface area contributed by atoms with Crippen LogP contribution in [0.4, 0.5) is 5.13 Å². The van der Waals surface area contributed by atoms with Crippen molar-refractivity contribution in [3.63, 3.8) is 0 Å². The van der Waals surface area contributed by atoms with Crippen LogP contribution < -0.4 is 10.1 Å². The number of methoxy groups -OCH3 is 1. The third kappa shape index (κ3) is 4.46. The smallest absolute Gasteiger partial charge is 0.260 e. The van der Waals surface area contributed by atoms with E-state index >= 15 is 0 Å². The average Bonchev–Trinajstić information content (AvgIpc) is 3.35. The molecule has 0 radical (unpaired) electrons. The van der Waals surface area contributed by atoms with E-state index in [2.05, 4.69) is 22.3 Å². The van der Waals surface area contributed by atoms with Crippen molar-refractivity contribution in [3.05, 3.63) is 46.6 Å². The van der Waals surface area contributed by atoms with Gasteiger partial charge in [-0.15, -0.1) is 23.7 Å². The highest BCUT2D eigenvalue weighted by Crippen LogP contribution is 2.42. The van der Waals surface area contributed by atoms with Gasteiger partial charge in [0.25, 0.3) is 5.91 Å². The van der Waals surface area contributed by atoms with Crippen LogP contribution in [0.2, 0.25) is 0 Å². The number of hydrogen-bond donors (Lipinski definition) is 1. The number of ether oxygens (including phenoxy) is 1. The van der Waals surface area contributed by atoms with Crippen LogP contribution in [0.15, 0.2) is 30.5 Å². The molecule has 1 saturated carbocycles. The molecular weight excluding hydrogens is 408 g/mol. The average molecular weight is 433 g/mol. The molecule has 0 spiro atoms. The van der Waals surface area contributed by atoms with E-state index in [0.717, 1.165) is 53.4 Å². The number of rotatable bonds is 7. The minimum atomic E-state index is -0.126. The maximum Gasteiger partial charge on any atom is 0.260 e. The second-order valence-electron chi connectivity index (χ2n) is 7.05. The van der Waals surface area contributed by atoms with E-state index in [1.54, 1.807) is 13.3 Å². The quantitative estimate of drug-likeness (QED) is 0.551. The summed E-state index contributed by atoms with van der Waals surface area (Å²) in [6.45, 7) is 4.98. The van der Waals surface area contributed by atoms with Crippen LogP contribution in [0.3, 0.4) is 0 Å². The van der Waals surface area contributed by atoms with Crippen molar-refractivity contribution in [1.82, 2.24) is 14.8 Å². The minimum Gasteiger partial charge on any atom is -0.497 e. The third-order valence-electron chi connectivity index (χ3n) is 4.90. The van der Waals surface area contributed by atoms with Gasteiger partial charge in [-0.2, -0.15) is 5.10 Å². The molecule has 1 aromatic carbocycles. The molecule has 1 fully saturated rings. The van der Waals surface area contributed by atoms with Gasteiger partial charge in [0.1, 0.15) is 5.75 Å². The summed E-state index contributed by atoms with van der Waals surface area (Å²) in [5.74, 6) is 1.14. The van der Waals surface area contributed by atoms with Crippen molar-refractivity contribution in [2.45, 2.75) is 45.6 Å². The lowest BCUT2D eigenvalue weighted by atomic mass is 10.1. The minimum absolute atomic E-state index is 0.